The highest BCUT2D eigenvalue weighted by atomic mass is 35.5. The Morgan fingerprint density at radius 1 is 0.857 bits per heavy atom. The monoisotopic (exact) mass is 416 g/mol. The zero-order valence-corrected chi connectivity index (χ0v) is 14.2. The Hall–Kier alpha value is -2.88. The van der Waals surface area contributed by atoms with Gasteiger partial charge in [-0.05, 0) is 40.3 Å². The molecule has 0 saturated heterocycles. The molecule has 0 bridgehead atoms. The normalized spacial score (nSPS) is 12.8. The lowest BCUT2D eigenvalue weighted by Crippen LogP contribution is -2.11. The third-order valence-electron chi connectivity index (χ3n) is 4.16. The number of rotatable bonds is 1. The zero-order valence-electron chi connectivity index (χ0n) is 13.5. The van der Waals surface area contributed by atoms with Gasteiger partial charge < -0.3 is 0 Å². The number of halogens is 7. The van der Waals surface area contributed by atoms with Gasteiger partial charge in [-0.3, -0.25) is 0 Å². The van der Waals surface area contributed by atoms with Crippen LogP contribution in [0.25, 0.3) is 27.7 Å². The fourth-order valence-corrected chi connectivity index (χ4v) is 3.29. The summed E-state index contributed by atoms with van der Waals surface area (Å²) in [4.78, 5) is 0. The molecule has 2 aromatic heterocycles. The van der Waals surface area contributed by atoms with Gasteiger partial charge in [0, 0.05) is 10.9 Å². The standard InChI is InChI=1S/C17H7ClF6N4/c18-14-11-3-1-2-4-12(11)28-15(25-26-27-28)13(14)8-5-9(16(19,20)21)7-10(6-8)17(22,23)24/h1-7H. The first-order valence-corrected chi connectivity index (χ1v) is 8.03. The Morgan fingerprint density at radius 2 is 1.46 bits per heavy atom. The number of para-hydroxylation sites is 1. The Labute approximate surface area is 157 Å². The highest BCUT2D eigenvalue weighted by molar-refractivity contribution is 6.39. The van der Waals surface area contributed by atoms with Crippen LogP contribution in [0, 0.1) is 0 Å². The third-order valence-corrected chi connectivity index (χ3v) is 4.55. The molecule has 0 unspecified atom stereocenters. The van der Waals surface area contributed by atoms with Gasteiger partial charge >= 0.3 is 12.4 Å². The number of fused-ring (bicyclic) bond motifs is 3. The number of aromatic nitrogens is 4. The molecule has 0 spiro atoms. The van der Waals surface area contributed by atoms with E-state index in [-0.39, 0.29) is 22.3 Å². The van der Waals surface area contributed by atoms with Crippen LogP contribution in [0.15, 0.2) is 42.5 Å². The predicted octanol–water partition coefficient (Wildman–Crippen LogP) is 5.64. The number of hydrogen-bond donors (Lipinski definition) is 0. The predicted molar refractivity (Wildman–Crippen MR) is 88.7 cm³/mol. The molecule has 28 heavy (non-hydrogen) atoms. The zero-order chi connectivity index (χ0) is 20.3. The van der Waals surface area contributed by atoms with Gasteiger partial charge in [-0.15, -0.1) is 5.10 Å². The number of nitrogens with zero attached hydrogens (tertiary/aromatic N) is 4. The molecule has 0 amide bonds. The largest absolute Gasteiger partial charge is 0.416 e. The maximum absolute atomic E-state index is 13.2. The Bertz CT molecular complexity index is 1180. The van der Waals surface area contributed by atoms with Crippen molar-refractivity contribution in [3.8, 4) is 11.1 Å². The summed E-state index contributed by atoms with van der Waals surface area (Å²) in [6.45, 7) is 0. The first-order valence-electron chi connectivity index (χ1n) is 7.65. The van der Waals surface area contributed by atoms with E-state index in [0.29, 0.717) is 23.0 Å². The van der Waals surface area contributed by atoms with E-state index >= 15 is 0 Å². The molecule has 0 aliphatic carbocycles. The van der Waals surface area contributed by atoms with Crippen LogP contribution < -0.4 is 0 Å². The fourth-order valence-electron chi connectivity index (χ4n) is 2.94. The van der Waals surface area contributed by atoms with Crippen molar-refractivity contribution in [2.24, 2.45) is 0 Å². The number of alkyl halides is 6. The second kappa shape index (κ2) is 6.06. The van der Waals surface area contributed by atoms with Crippen molar-refractivity contribution in [1.29, 1.82) is 0 Å². The molecule has 144 valence electrons. The van der Waals surface area contributed by atoms with E-state index in [0.717, 1.165) is 0 Å². The molecule has 0 atom stereocenters. The van der Waals surface area contributed by atoms with Crippen LogP contribution in [0.3, 0.4) is 0 Å². The average Bonchev–Trinajstić information content (AvgIpc) is 3.10. The maximum Gasteiger partial charge on any atom is 0.416 e. The maximum atomic E-state index is 13.2. The van der Waals surface area contributed by atoms with E-state index < -0.39 is 29.0 Å². The van der Waals surface area contributed by atoms with Gasteiger partial charge in [-0.2, -0.15) is 30.9 Å². The lowest BCUT2D eigenvalue weighted by atomic mass is 9.98. The lowest BCUT2D eigenvalue weighted by molar-refractivity contribution is -0.143. The highest BCUT2D eigenvalue weighted by Crippen LogP contribution is 2.42. The summed E-state index contributed by atoms with van der Waals surface area (Å²) in [7, 11) is 0. The molecule has 0 saturated carbocycles. The summed E-state index contributed by atoms with van der Waals surface area (Å²) in [6, 6.07) is 7.74. The van der Waals surface area contributed by atoms with Crippen LogP contribution in [-0.4, -0.2) is 20.0 Å². The molecule has 0 aliphatic heterocycles. The second-order valence-electron chi connectivity index (χ2n) is 5.91. The van der Waals surface area contributed by atoms with Crippen molar-refractivity contribution in [2.45, 2.75) is 12.4 Å². The van der Waals surface area contributed by atoms with Crippen molar-refractivity contribution in [3.05, 3.63) is 58.6 Å². The van der Waals surface area contributed by atoms with Gasteiger partial charge in [0.2, 0.25) is 0 Å². The van der Waals surface area contributed by atoms with E-state index in [2.05, 4.69) is 15.5 Å². The van der Waals surface area contributed by atoms with Crippen LogP contribution in [-0.2, 0) is 12.4 Å². The first-order chi connectivity index (χ1) is 13.1. The molecule has 4 rings (SSSR count). The van der Waals surface area contributed by atoms with E-state index in [1.165, 1.54) is 4.52 Å². The summed E-state index contributed by atoms with van der Waals surface area (Å²) < 4.78 is 80.5. The molecular weight excluding hydrogens is 410 g/mol. The molecular formula is C17H7ClF6N4. The van der Waals surface area contributed by atoms with Crippen molar-refractivity contribution >= 4 is 28.2 Å². The lowest BCUT2D eigenvalue weighted by Gasteiger charge is -2.16. The Kier molecular flexibility index (Phi) is 4.00. The number of hydrogen-bond acceptors (Lipinski definition) is 3. The molecule has 4 nitrogen and oxygen atoms in total. The molecule has 2 heterocycles. The Morgan fingerprint density at radius 3 is 2.07 bits per heavy atom. The number of benzene rings is 2. The van der Waals surface area contributed by atoms with Gasteiger partial charge in [-0.25, -0.2) is 0 Å². The van der Waals surface area contributed by atoms with Crippen molar-refractivity contribution in [1.82, 2.24) is 20.0 Å². The van der Waals surface area contributed by atoms with E-state index in [4.69, 9.17) is 11.6 Å². The second-order valence-corrected chi connectivity index (χ2v) is 6.29. The molecule has 2 aromatic carbocycles. The summed E-state index contributed by atoms with van der Waals surface area (Å²) in [5.41, 5.74) is -3.02. The molecule has 0 radical (unpaired) electrons. The van der Waals surface area contributed by atoms with Crippen LogP contribution in [0.2, 0.25) is 5.02 Å². The van der Waals surface area contributed by atoms with E-state index in [1.54, 1.807) is 24.3 Å². The topological polar surface area (TPSA) is 43.1 Å². The summed E-state index contributed by atoms with van der Waals surface area (Å²) >= 11 is 6.37. The summed E-state index contributed by atoms with van der Waals surface area (Å²) in [5.74, 6) is 0. The Balaban J connectivity index is 2.13. The van der Waals surface area contributed by atoms with Crippen LogP contribution >= 0.6 is 11.6 Å². The minimum atomic E-state index is -4.98. The van der Waals surface area contributed by atoms with E-state index in [9.17, 15) is 26.3 Å². The highest BCUT2D eigenvalue weighted by Gasteiger charge is 2.37. The SMILES string of the molecule is FC(F)(F)c1cc(-c2c(Cl)c3ccccc3n3nnnc23)cc(C(F)(F)F)c1. The first kappa shape index (κ1) is 18.5. The van der Waals surface area contributed by atoms with Gasteiger partial charge in [0.1, 0.15) is 0 Å². The molecule has 4 aromatic rings. The van der Waals surface area contributed by atoms with Gasteiger partial charge in [0.15, 0.2) is 5.65 Å². The average molecular weight is 417 g/mol. The number of tetrazole rings is 1. The quantitative estimate of drug-likeness (QED) is 0.377. The summed E-state index contributed by atoms with van der Waals surface area (Å²) in [6.07, 6.45) is -9.97. The smallest absolute Gasteiger partial charge is 0.192 e. The molecule has 0 N–H and O–H groups in total. The van der Waals surface area contributed by atoms with Crippen molar-refractivity contribution in [3.63, 3.8) is 0 Å². The van der Waals surface area contributed by atoms with Crippen LogP contribution in [0.5, 0.6) is 0 Å². The summed E-state index contributed by atoms with van der Waals surface area (Å²) in [5, 5.41) is 11.3. The van der Waals surface area contributed by atoms with Crippen LogP contribution in [0.4, 0.5) is 26.3 Å². The third kappa shape index (κ3) is 2.93. The van der Waals surface area contributed by atoms with Crippen LogP contribution in [0.1, 0.15) is 11.1 Å². The van der Waals surface area contributed by atoms with Gasteiger partial charge in [0.05, 0.1) is 21.7 Å². The minimum absolute atomic E-state index is 0.0506. The van der Waals surface area contributed by atoms with Gasteiger partial charge in [-0.1, -0.05) is 29.8 Å². The van der Waals surface area contributed by atoms with Crippen molar-refractivity contribution < 1.29 is 26.3 Å². The molecule has 0 aliphatic rings. The number of pyridine rings is 1. The molecule has 0 fully saturated rings. The van der Waals surface area contributed by atoms with E-state index in [1.807, 2.05) is 0 Å². The molecule has 11 heteroatoms. The minimum Gasteiger partial charge on any atom is -0.192 e. The van der Waals surface area contributed by atoms with Gasteiger partial charge in [0.25, 0.3) is 0 Å². The van der Waals surface area contributed by atoms with Crippen molar-refractivity contribution in [2.75, 3.05) is 0 Å². The fraction of sp³-hybridized carbons (Fsp3) is 0.118.